The second-order valence-electron chi connectivity index (χ2n) is 3.65. The Labute approximate surface area is 94.3 Å². The normalized spacial score (nSPS) is 18.2. The first-order valence-electron chi connectivity index (χ1n) is 5.26. The van der Waals surface area contributed by atoms with E-state index < -0.39 is 0 Å². The minimum atomic E-state index is 0.856. The predicted molar refractivity (Wildman–Crippen MR) is 61.0 cm³/mol. The summed E-state index contributed by atoms with van der Waals surface area (Å²) >= 11 is 1.75. The van der Waals surface area contributed by atoms with Crippen molar-refractivity contribution in [1.29, 1.82) is 0 Å². The molecular formula is C10H17N3OS. The van der Waals surface area contributed by atoms with Crippen LogP contribution in [-0.4, -0.2) is 43.2 Å². The molecule has 0 atom stereocenters. The van der Waals surface area contributed by atoms with Crippen molar-refractivity contribution in [2.75, 3.05) is 33.4 Å². The van der Waals surface area contributed by atoms with Crippen LogP contribution in [0.25, 0.3) is 0 Å². The third-order valence-electron chi connectivity index (χ3n) is 2.42. The molecule has 1 saturated heterocycles. The van der Waals surface area contributed by atoms with Crippen LogP contribution in [0.5, 0.6) is 0 Å². The van der Waals surface area contributed by atoms with E-state index in [1.54, 1.807) is 11.3 Å². The Hall–Kier alpha value is -0.490. The number of nitrogens with one attached hydrogen (secondary N) is 1. The van der Waals surface area contributed by atoms with Gasteiger partial charge in [0, 0.05) is 25.0 Å². The van der Waals surface area contributed by atoms with Crippen molar-refractivity contribution < 1.29 is 4.74 Å². The quantitative estimate of drug-likeness (QED) is 0.821. The molecule has 1 aliphatic rings. The van der Waals surface area contributed by atoms with Gasteiger partial charge in [-0.25, -0.2) is 4.98 Å². The topological polar surface area (TPSA) is 37.4 Å². The molecule has 0 aromatic carbocycles. The van der Waals surface area contributed by atoms with Crippen molar-refractivity contribution in [2.24, 2.45) is 0 Å². The zero-order valence-corrected chi connectivity index (χ0v) is 9.85. The molecule has 15 heavy (non-hydrogen) atoms. The molecule has 4 nitrogen and oxygen atoms in total. The van der Waals surface area contributed by atoms with Crippen LogP contribution in [0.15, 0.2) is 5.38 Å². The van der Waals surface area contributed by atoms with Crippen LogP contribution in [0.3, 0.4) is 0 Å². The van der Waals surface area contributed by atoms with Gasteiger partial charge < -0.3 is 10.1 Å². The van der Waals surface area contributed by atoms with Gasteiger partial charge in [-0.3, -0.25) is 4.90 Å². The van der Waals surface area contributed by atoms with Gasteiger partial charge >= 0.3 is 0 Å². The first-order valence-corrected chi connectivity index (χ1v) is 6.14. The largest absolute Gasteiger partial charge is 0.379 e. The predicted octanol–water partition coefficient (Wildman–Crippen LogP) is 0.695. The second kappa shape index (κ2) is 5.55. The zero-order valence-electron chi connectivity index (χ0n) is 9.03. The van der Waals surface area contributed by atoms with Crippen molar-refractivity contribution in [2.45, 2.75) is 13.1 Å². The number of hydrogen-bond acceptors (Lipinski definition) is 5. The molecule has 0 aliphatic carbocycles. The molecule has 0 bridgehead atoms. The fourth-order valence-electron chi connectivity index (χ4n) is 1.63. The van der Waals surface area contributed by atoms with E-state index in [1.807, 2.05) is 7.05 Å². The molecule has 0 radical (unpaired) electrons. The molecule has 5 heteroatoms. The Kier molecular flexibility index (Phi) is 4.08. The highest BCUT2D eigenvalue weighted by Gasteiger charge is 2.12. The van der Waals surface area contributed by atoms with E-state index in [1.165, 1.54) is 5.01 Å². The second-order valence-corrected chi connectivity index (χ2v) is 4.59. The summed E-state index contributed by atoms with van der Waals surface area (Å²) in [7, 11) is 1.95. The van der Waals surface area contributed by atoms with Gasteiger partial charge in [0.2, 0.25) is 0 Å². The maximum atomic E-state index is 5.31. The van der Waals surface area contributed by atoms with E-state index in [9.17, 15) is 0 Å². The van der Waals surface area contributed by atoms with Crippen LogP contribution in [-0.2, 0) is 17.8 Å². The van der Waals surface area contributed by atoms with Crippen LogP contribution >= 0.6 is 11.3 Å². The highest BCUT2D eigenvalue weighted by molar-refractivity contribution is 7.09. The van der Waals surface area contributed by atoms with E-state index in [-0.39, 0.29) is 0 Å². The van der Waals surface area contributed by atoms with Gasteiger partial charge in [0.25, 0.3) is 0 Å². The summed E-state index contributed by atoms with van der Waals surface area (Å²) in [5, 5.41) is 6.45. The molecule has 2 heterocycles. The minimum Gasteiger partial charge on any atom is -0.379 e. The van der Waals surface area contributed by atoms with E-state index in [4.69, 9.17) is 4.74 Å². The smallest absolute Gasteiger partial charge is 0.107 e. The lowest BCUT2D eigenvalue weighted by molar-refractivity contribution is 0.0341. The molecule has 2 rings (SSSR count). The highest BCUT2D eigenvalue weighted by Crippen LogP contribution is 2.13. The lowest BCUT2D eigenvalue weighted by Crippen LogP contribution is -2.35. The van der Waals surface area contributed by atoms with Crippen LogP contribution in [0.4, 0.5) is 0 Å². The fourth-order valence-corrected chi connectivity index (χ4v) is 2.47. The van der Waals surface area contributed by atoms with E-state index in [2.05, 4.69) is 20.6 Å². The van der Waals surface area contributed by atoms with E-state index in [0.717, 1.165) is 45.1 Å². The van der Waals surface area contributed by atoms with Crippen LogP contribution in [0, 0.1) is 0 Å². The number of rotatable bonds is 4. The molecule has 0 spiro atoms. The standard InChI is InChI=1S/C10H17N3OS/c1-11-6-9-8-15-10(12-9)7-13-2-4-14-5-3-13/h8,11H,2-7H2,1H3. The van der Waals surface area contributed by atoms with Crippen LogP contribution < -0.4 is 5.32 Å². The third-order valence-corrected chi connectivity index (χ3v) is 3.30. The monoisotopic (exact) mass is 227 g/mol. The average molecular weight is 227 g/mol. The summed E-state index contributed by atoms with van der Waals surface area (Å²) in [6, 6.07) is 0. The number of aromatic nitrogens is 1. The summed E-state index contributed by atoms with van der Waals surface area (Å²) in [6.07, 6.45) is 0. The Balaban J connectivity index is 1.86. The van der Waals surface area contributed by atoms with Gasteiger partial charge in [-0.2, -0.15) is 0 Å². The van der Waals surface area contributed by atoms with Crippen LogP contribution in [0.2, 0.25) is 0 Å². The molecule has 1 aromatic rings. The van der Waals surface area contributed by atoms with Gasteiger partial charge in [0.1, 0.15) is 5.01 Å². The Morgan fingerprint density at radius 1 is 1.53 bits per heavy atom. The number of ether oxygens (including phenoxy) is 1. The molecule has 84 valence electrons. The highest BCUT2D eigenvalue weighted by atomic mass is 32.1. The lowest BCUT2D eigenvalue weighted by Gasteiger charge is -2.25. The van der Waals surface area contributed by atoms with Crippen molar-refractivity contribution in [3.8, 4) is 0 Å². The number of hydrogen-bond donors (Lipinski definition) is 1. The first kappa shape index (κ1) is 11.0. The van der Waals surface area contributed by atoms with Gasteiger partial charge in [-0.15, -0.1) is 11.3 Å². The third kappa shape index (κ3) is 3.24. The Morgan fingerprint density at radius 3 is 3.07 bits per heavy atom. The van der Waals surface area contributed by atoms with Crippen molar-refractivity contribution >= 4 is 11.3 Å². The summed E-state index contributed by atoms with van der Waals surface area (Å²) < 4.78 is 5.31. The molecule has 1 N–H and O–H groups in total. The molecule has 1 fully saturated rings. The van der Waals surface area contributed by atoms with Gasteiger partial charge in [-0.1, -0.05) is 0 Å². The van der Waals surface area contributed by atoms with Crippen molar-refractivity contribution in [3.63, 3.8) is 0 Å². The molecule has 1 aliphatic heterocycles. The Bertz CT molecular complexity index is 297. The lowest BCUT2D eigenvalue weighted by atomic mass is 10.4. The SMILES string of the molecule is CNCc1csc(CN2CCOCC2)n1. The van der Waals surface area contributed by atoms with Crippen molar-refractivity contribution in [1.82, 2.24) is 15.2 Å². The molecule has 0 amide bonds. The summed E-state index contributed by atoms with van der Waals surface area (Å²) in [5.41, 5.74) is 1.14. The minimum absolute atomic E-state index is 0.856. The average Bonchev–Trinajstić information content (AvgIpc) is 2.68. The maximum absolute atomic E-state index is 5.31. The van der Waals surface area contributed by atoms with E-state index in [0.29, 0.717) is 0 Å². The number of morpholine rings is 1. The van der Waals surface area contributed by atoms with Crippen molar-refractivity contribution in [3.05, 3.63) is 16.1 Å². The van der Waals surface area contributed by atoms with Crippen LogP contribution in [0.1, 0.15) is 10.7 Å². The fraction of sp³-hybridized carbons (Fsp3) is 0.700. The summed E-state index contributed by atoms with van der Waals surface area (Å²) in [5.74, 6) is 0. The summed E-state index contributed by atoms with van der Waals surface area (Å²) in [6.45, 7) is 5.60. The first-order chi connectivity index (χ1) is 7.38. The molecule has 1 aromatic heterocycles. The Morgan fingerprint density at radius 2 is 2.33 bits per heavy atom. The summed E-state index contributed by atoms with van der Waals surface area (Å²) in [4.78, 5) is 6.96. The molecule has 0 saturated carbocycles. The zero-order chi connectivity index (χ0) is 10.5. The van der Waals surface area contributed by atoms with E-state index >= 15 is 0 Å². The van der Waals surface area contributed by atoms with Gasteiger partial charge in [-0.05, 0) is 7.05 Å². The maximum Gasteiger partial charge on any atom is 0.107 e. The number of nitrogens with zero attached hydrogens (tertiary/aromatic N) is 2. The molecule has 0 unspecified atom stereocenters. The van der Waals surface area contributed by atoms with Gasteiger partial charge in [0.15, 0.2) is 0 Å². The molecular weight excluding hydrogens is 210 g/mol. The van der Waals surface area contributed by atoms with Gasteiger partial charge in [0.05, 0.1) is 25.5 Å². The number of thiazole rings is 1.